The number of hydrogen-bond donors (Lipinski definition) is 1. The Morgan fingerprint density at radius 3 is 2.90 bits per heavy atom. The summed E-state index contributed by atoms with van der Waals surface area (Å²) in [7, 11) is 0. The quantitative estimate of drug-likeness (QED) is 0.684. The van der Waals surface area contributed by atoms with Crippen LogP contribution >= 0.6 is 0 Å². The Labute approximate surface area is 179 Å². The van der Waals surface area contributed by atoms with Crippen LogP contribution in [0.2, 0.25) is 0 Å². The molecule has 0 radical (unpaired) electrons. The van der Waals surface area contributed by atoms with E-state index in [4.69, 9.17) is 5.11 Å². The number of aliphatic hydroxyl groups excluding tert-OH is 1. The summed E-state index contributed by atoms with van der Waals surface area (Å²) in [5.74, 6) is 0.400. The van der Waals surface area contributed by atoms with Crippen molar-refractivity contribution in [2.24, 2.45) is 10.9 Å². The molecule has 158 valence electrons. The van der Waals surface area contributed by atoms with E-state index in [1.807, 2.05) is 54.9 Å². The van der Waals surface area contributed by atoms with Crippen molar-refractivity contribution in [3.05, 3.63) is 60.5 Å². The Bertz CT molecular complexity index is 1240. The van der Waals surface area contributed by atoms with Crippen LogP contribution < -0.4 is 0 Å². The van der Waals surface area contributed by atoms with Crippen LogP contribution in [-0.2, 0) is 11.3 Å². The van der Waals surface area contributed by atoms with Gasteiger partial charge >= 0.3 is 0 Å². The van der Waals surface area contributed by atoms with Gasteiger partial charge in [-0.05, 0) is 37.6 Å². The number of aromatic nitrogens is 5. The predicted octanol–water partition coefficient (Wildman–Crippen LogP) is 1.94. The van der Waals surface area contributed by atoms with E-state index < -0.39 is 0 Å². The summed E-state index contributed by atoms with van der Waals surface area (Å²) in [5, 5.41) is 22.2. The maximum absolute atomic E-state index is 13.1. The van der Waals surface area contributed by atoms with Crippen molar-refractivity contribution >= 4 is 17.8 Å². The number of carbonyl (C=O) groups is 1. The van der Waals surface area contributed by atoms with Gasteiger partial charge in [-0.2, -0.15) is 5.10 Å². The fourth-order valence-corrected chi connectivity index (χ4v) is 4.15. The maximum atomic E-state index is 13.1. The Kier molecular flexibility index (Phi) is 4.74. The van der Waals surface area contributed by atoms with Crippen molar-refractivity contribution < 1.29 is 9.90 Å². The zero-order chi connectivity index (χ0) is 21.5. The number of nitrogens with zero attached hydrogens (tertiary/aromatic N) is 7. The number of hydrogen-bond acceptors (Lipinski definition) is 6. The van der Waals surface area contributed by atoms with Crippen molar-refractivity contribution in [1.82, 2.24) is 29.3 Å². The minimum absolute atomic E-state index is 0.00278. The number of aliphatic imine (C=N–C) groups is 1. The second-order valence-corrected chi connectivity index (χ2v) is 7.84. The van der Waals surface area contributed by atoms with E-state index in [-0.39, 0.29) is 30.5 Å². The number of aliphatic hydroxyl groups is 1. The van der Waals surface area contributed by atoms with Gasteiger partial charge in [0.05, 0.1) is 37.4 Å². The van der Waals surface area contributed by atoms with E-state index in [2.05, 4.69) is 20.3 Å². The number of amides is 1. The van der Waals surface area contributed by atoms with Gasteiger partial charge in [0.1, 0.15) is 0 Å². The third-order valence-corrected chi connectivity index (χ3v) is 5.82. The highest BCUT2D eigenvalue weighted by Gasteiger charge is 2.36. The average molecular weight is 417 g/mol. The topological polar surface area (TPSA) is 101 Å². The van der Waals surface area contributed by atoms with E-state index in [1.54, 1.807) is 28.2 Å². The Morgan fingerprint density at radius 1 is 1.19 bits per heavy atom. The third kappa shape index (κ3) is 3.27. The highest BCUT2D eigenvalue weighted by molar-refractivity contribution is 5.87. The lowest BCUT2D eigenvalue weighted by molar-refractivity contribution is -0.134. The van der Waals surface area contributed by atoms with Gasteiger partial charge in [-0.25, -0.2) is 0 Å². The fraction of sp³-hybridized carbons (Fsp3) is 0.318. The molecule has 9 nitrogen and oxygen atoms in total. The highest BCUT2D eigenvalue weighted by Crippen LogP contribution is 2.30. The van der Waals surface area contributed by atoms with Crippen molar-refractivity contribution in [2.45, 2.75) is 32.5 Å². The first kappa shape index (κ1) is 19.4. The standard InChI is InChI=1S/C22H23N7O2/c1-14-10-16(17-11-24-27(12-17)8-9-30)13-29-20(14)25-26-21(29)15(2)28-7-5-19-18(22(28)31)4-3-6-23-19/h3-7,10-13,15,18-19,30H,8-9H2,1-2H3/t15-,18?,19?/m1/s1. The van der Waals surface area contributed by atoms with Crippen molar-refractivity contribution in [3.63, 3.8) is 0 Å². The SMILES string of the molecule is Cc1cc(-c2cnn(CCO)c2)cn2c([C@@H](C)N3C=CC4N=CC=CC4C3=O)nnc12. The van der Waals surface area contributed by atoms with E-state index >= 15 is 0 Å². The molecule has 0 saturated heterocycles. The predicted molar refractivity (Wildman–Crippen MR) is 115 cm³/mol. The van der Waals surface area contributed by atoms with Gasteiger partial charge in [0.2, 0.25) is 5.91 Å². The Hall–Kier alpha value is -3.59. The summed E-state index contributed by atoms with van der Waals surface area (Å²) in [6, 6.07) is 1.60. The third-order valence-electron chi connectivity index (χ3n) is 5.82. The summed E-state index contributed by atoms with van der Waals surface area (Å²) in [6.45, 7) is 4.42. The molecule has 1 N–H and O–H groups in total. The van der Waals surface area contributed by atoms with E-state index in [1.165, 1.54) is 0 Å². The zero-order valence-corrected chi connectivity index (χ0v) is 17.3. The number of fused-ring (bicyclic) bond motifs is 2. The molecule has 0 bridgehead atoms. The van der Waals surface area contributed by atoms with Crippen LogP contribution in [-0.4, -0.2) is 59.2 Å². The van der Waals surface area contributed by atoms with Gasteiger partial charge in [0.15, 0.2) is 11.5 Å². The summed E-state index contributed by atoms with van der Waals surface area (Å²) < 4.78 is 3.65. The van der Waals surface area contributed by atoms with Crippen LogP contribution in [0, 0.1) is 12.8 Å². The van der Waals surface area contributed by atoms with Crippen LogP contribution in [0.5, 0.6) is 0 Å². The smallest absolute Gasteiger partial charge is 0.236 e. The summed E-state index contributed by atoms with van der Waals surface area (Å²) >= 11 is 0. The number of dihydropyridines is 1. The van der Waals surface area contributed by atoms with Crippen LogP contribution in [0.15, 0.2) is 54.1 Å². The number of rotatable bonds is 5. The molecule has 1 amide bonds. The first-order chi connectivity index (χ1) is 15.1. The molecule has 0 aromatic carbocycles. The molecule has 2 aliphatic rings. The van der Waals surface area contributed by atoms with E-state index in [9.17, 15) is 4.79 Å². The van der Waals surface area contributed by atoms with E-state index in [0.29, 0.717) is 12.4 Å². The van der Waals surface area contributed by atoms with Gasteiger partial charge in [0, 0.05) is 35.9 Å². The number of pyridine rings is 1. The minimum Gasteiger partial charge on any atom is -0.394 e. The van der Waals surface area contributed by atoms with Gasteiger partial charge in [0.25, 0.3) is 0 Å². The zero-order valence-electron chi connectivity index (χ0n) is 17.3. The molecular formula is C22H23N7O2. The second kappa shape index (κ2) is 7.59. The summed E-state index contributed by atoms with van der Waals surface area (Å²) in [5.41, 5.74) is 3.63. The Morgan fingerprint density at radius 2 is 2.06 bits per heavy atom. The normalized spacial score (nSPS) is 21.1. The van der Waals surface area contributed by atoms with Crippen molar-refractivity contribution in [2.75, 3.05) is 6.61 Å². The molecule has 9 heteroatoms. The molecular weight excluding hydrogens is 394 g/mol. The number of aryl methyl sites for hydroxylation is 1. The van der Waals surface area contributed by atoms with Gasteiger partial charge in [-0.3, -0.25) is 18.9 Å². The lowest BCUT2D eigenvalue weighted by atomic mass is 9.93. The molecule has 5 heterocycles. The fourth-order valence-electron chi connectivity index (χ4n) is 4.15. The molecule has 0 fully saturated rings. The first-order valence-electron chi connectivity index (χ1n) is 10.3. The van der Waals surface area contributed by atoms with Crippen molar-refractivity contribution in [3.8, 4) is 11.1 Å². The summed E-state index contributed by atoms with van der Waals surface area (Å²) in [4.78, 5) is 19.2. The lowest BCUT2D eigenvalue weighted by Crippen LogP contribution is -2.42. The minimum atomic E-state index is -0.300. The molecule has 5 rings (SSSR count). The van der Waals surface area contributed by atoms with Crippen molar-refractivity contribution in [1.29, 1.82) is 0 Å². The van der Waals surface area contributed by atoms with Crippen LogP contribution in [0.3, 0.4) is 0 Å². The average Bonchev–Trinajstić information content (AvgIpc) is 3.41. The summed E-state index contributed by atoms with van der Waals surface area (Å²) in [6.07, 6.45) is 14.9. The second-order valence-electron chi connectivity index (χ2n) is 7.84. The lowest BCUT2D eigenvalue weighted by Gasteiger charge is -2.34. The van der Waals surface area contributed by atoms with Gasteiger partial charge in [-0.15, -0.1) is 10.2 Å². The molecule has 2 unspecified atom stereocenters. The number of allylic oxidation sites excluding steroid dienone is 1. The van der Waals surface area contributed by atoms with E-state index in [0.717, 1.165) is 22.3 Å². The maximum Gasteiger partial charge on any atom is 0.236 e. The molecule has 3 atom stereocenters. The first-order valence-corrected chi connectivity index (χ1v) is 10.3. The number of carbonyl (C=O) groups excluding carboxylic acids is 1. The molecule has 3 aromatic rings. The highest BCUT2D eigenvalue weighted by atomic mass is 16.3. The van der Waals surface area contributed by atoms with Gasteiger partial charge < -0.3 is 10.0 Å². The van der Waals surface area contributed by atoms with Crippen LogP contribution in [0.1, 0.15) is 24.4 Å². The van der Waals surface area contributed by atoms with Crippen LogP contribution in [0.25, 0.3) is 16.8 Å². The molecule has 2 aliphatic heterocycles. The molecule has 0 saturated carbocycles. The molecule has 31 heavy (non-hydrogen) atoms. The molecule has 3 aromatic heterocycles. The Balaban J connectivity index is 1.52. The molecule has 0 spiro atoms. The van der Waals surface area contributed by atoms with Crippen LogP contribution in [0.4, 0.5) is 0 Å². The largest absolute Gasteiger partial charge is 0.394 e. The monoisotopic (exact) mass is 417 g/mol. The molecule has 0 aliphatic carbocycles. The van der Waals surface area contributed by atoms with Gasteiger partial charge in [-0.1, -0.05) is 6.08 Å².